The highest BCUT2D eigenvalue weighted by atomic mass is 16.5. The van der Waals surface area contributed by atoms with Gasteiger partial charge in [-0.15, -0.1) is 0 Å². The van der Waals surface area contributed by atoms with Crippen LogP contribution >= 0.6 is 0 Å². The number of aryl methyl sites for hydroxylation is 1. The summed E-state index contributed by atoms with van der Waals surface area (Å²) in [5.74, 6) is -0.248. The molecular formula is C11H16N2O3. The molecule has 0 aromatic carbocycles. The molecule has 0 aliphatic carbocycles. The zero-order valence-corrected chi connectivity index (χ0v) is 9.43. The molecule has 2 N–H and O–H groups in total. The lowest BCUT2D eigenvalue weighted by Gasteiger charge is -2.10. The molecule has 0 fully saturated rings. The molecule has 0 spiro atoms. The first kappa shape index (κ1) is 12.6. The van der Waals surface area contributed by atoms with Crippen molar-refractivity contribution in [1.29, 1.82) is 0 Å². The predicted octanol–water partition coefficient (Wildman–Crippen LogP) is 0.127. The molecule has 0 bridgehead atoms. The average molecular weight is 224 g/mol. The Kier molecular flexibility index (Phi) is 4.88. The summed E-state index contributed by atoms with van der Waals surface area (Å²) in [4.78, 5) is 15.6. The van der Waals surface area contributed by atoms with Gasteiger partial charge in [-0.3, -0.25) is 9.78 Å². The maximum atomic E-state index is 11.6. The second-order valence-electron chi connectivity index (χ2n) is 3.51. The third kappa shape index (κ3) is 3.96. The van der Waals surface area contributed by atoms with Gasteiger partial charge in [-0.2, -0.15) is 0 Å². The largest absolute Gasteiger partial charge is 0.389 e. The van der Waals surface area contributed by atoms with Crippen LogP contribution in [0.2, 0.25) is 0 Å². The lowest BCUT2D eigenvalue weighted by atomic mass is 10.2. The number of hydrogen-bond donors (Lipinski definition) is 2. The number of amides is 1. The van der Waals surface area contributed by atoms with Crippen LogP contribution in [0, 0.1) is 6.92 Å². The molecule has 0 saturated carbocycles. The normalized spacial score (nSPS) is 12.2. The Hall–Kier alpha value is -1.46. The van der Waals surface area contributed by atoms with E-state index in [4.69, 9.17) is 4.74 Å². The molecule has 1 aromatic heterocycles. The van der Waals surface area contributed by atoms with Gasteiger partial charge in [-0.25, -0.2) is 0 Å². The molecule has 5 heteroatoms. The van der Waals surface area contributed by atoms with Crippen LogP contribution < -0.4 is 5.32 Å². The van der Waals surface area contributed by atoms with Crippen molar-refractivity contribution in [2.45, 2.75) is 13.0 Å². The van der Waals surface area contributed by atoms with E-state index in [1.807, 2.05) is 6.92 Å². The molecule has 0 aliphatic heterocycles. The van der Waals surface area contributed by atoms with Gasteiger partial charge in [0.25, 0.3) is 5.91 Å². The maximum absolute atomic E-state index is 11.6. The number of aliphatic hydroxyl groups is 1. The van der Waals surface area contributed by atoms with Crippen LogP contribution in [0.15, 0.2) is 18.3 Å². The average Bonchev–Trinajstić information content (AvgIpc) is 2.27. The Morgan fingerprint density at radius 2 is 2.38 bits per heavy atom. The standard InChI is InChI=1S/C11H16N2O3/c1-8-3-4-9(5-12-8)11(15)13-6-10(14)7-16-2/h3-5,10,14H,6-7H2,1-2H3,(H,13,15). The zero-order chi connectivity index (χ0) is 12.0. The minimum Gasteiger partial charge on any atom is -0.389 e. The topological polar surface area (TPSA) is 71.5 Å². The zero-order valence-electron chi connectivity index (χ0n) is 9.43. The third-order valence-electron chi connectivity index (χ3n) is 2.03. The Morgan fingerprint density at radius 3 is 2.94 bits per heavy atom. The van der Waals surface area contributed by atoms with E-state index >= 15 is 0 Å². The van der Waals surface area contributed by atoms with Crippen LogP contribution in [0.4, 0.5) is 0 Å². The smallest absolute Gasteiger partial charge is 0.252 e. The van der Waals surface area contributed by atoms with Gasteiger partial charge in [-0.1, -0.05) is 0 Å². The van der Waals surface area contributed by atoms with Crippen molar-refractivity contribution in [1.82, 2.24) is 10.3 Å². The first-order valence-electron chi connectivity index (χ1n) is 5.01. The van der Waals surface area contributed by atoms with Gasteiger partial charge < -0.3 is 15.2 Å². The fourth-order valence-electron chi connectivity index (χ4n) is 1.17. The number of nitrogens with zero attached hydrogens (tertiary/aromatic N) is 1. The first-order valence-corrected chi connectivity index (χ1v) is 5.01. The summed E-state index contributed by atoms with van der Waals surface area (Å²) in [7, 11) is 1.49. The summed E-state index contributed by atoms with van der Waals surface area (Å²) in [5.41, 5.74) is 1.34. The second kappa shape index (κ2) is 6.19. The first-order chi connectivity index (χ1) is 7.63. The second-order valence-corrected chi connectivity index (χ2v) is 3.51. The van der Waals surface area contributed by atoms with Crippen molar-refractivity contribution in [2.75, 3.05) is 20.3 Å². The number of aliphatic hydroxyl groups excluding tert-OH is 1. The van der Waals surface area contributed by atoms with Gasteiger partial charge in [0.2, 0.25) is 0 Å². The van der Waals surface area contributed by atoms with Crippen LogP contribution in [0.25, 0.3) is 0 Å². The van der Waals surface area contributed by atoms with Crippen molar-refractivity contribution in [2.24, 2.45) is 0 Å². The lowest BCUT2D eigenvalue weighted by Crippen LogP contribution is -2.34. The number of aromatic nitrogens is 1. The van der Waals surface area contributed by atoms with E-state index in [0.29, 0.717) is 5.56 Å². The van der Waals surface area contributed by atoms with Crippen molar-refractivity contribution < 1.29 is 14.6 Å². The van der Waals surface area contributed by atoms with Gasteiger partial charge in [0.05, 0.1) is 18.3 Å². The van der Waals surface area contributed by atoms with Crippen LogP contribution in [-0.2, 0) is 4.74 Å². The molecule has 16 heavy (non-hydrogen) atoms. The molecule has 0 saturated heterocycles. The van der Waals surface area contributed by atoms with Gasteiger partial charge in [0.1, 0.15) is 0 Å². The van der Waals surface area contributed by atoms with Gasteiger partial charge in [0, 0.05) is 25.5 Å². The highest BCUT2D eigenvalue weighted by Gasteiger charge is 2.08. The van der Waals surface area contributed by atoms with Gasteiger partial charge in [-0.05, 0) is 19.1 Å². The molecule has 1 rings (SSSR count). The fraction of sp³-hybridized carbons (Fsp3) is 0.455. The van der Waals surface area contributed by atoms with Crippen LogP contribution in [0.3, 0.4) is 0 Å². The number of pyridine rings is 1. The predicted molar refractivity (Wildman–Crippen MR) is 59.2 cm³/mol. The van der Waals surface area contributed by atoms with E-state index in [9.17, 15) is 9.90 Å². The number of methoxy groups -OCH3 is 1. The summed E-state index contributed by atoms with van der Waals surface area (Å²) < 4.78 is 4.74. The van der Waals surface area contributed by atoms with Crippen LogP contribution in [-0.4, -0.2) is 42.4 Å². The van der Waals surface area contributed by atoms with Crippen molar-refractivity contribution in [3.8, 4) is 0 Å². The van der Waals surface area contributed by atoms with E-state index in [-0.39, 0.29) is 19.1 Å². The van der Waals surface area contributed by atoms with Crippen molar-refractivity contribution in [3.63, 3.8) is 0 Å². The molecule has 1 unspecified atom stereocenters. The Bertz CT molecular complexity index is 338. The summed E-state index contributed by atoms with van der Waals surface area (Å²) >= 11 is 0. The number of ether oxygens (including phenoxy) is 1. The van der Waals surface area contributed by atoms with E-state index in [1.165, 1.54) is 13.3 Å². The summed E-state index contributed by atoms with van der Waals surface area (Å²) in [5, 5.41) is 11.9. The number of nitrogens with one attached hydrogen (secondary N) is 1. The third-order valence-corrected chi connectivity index (χ3v) is 2.03. The number of carbonyl (C=O) groups excluding carboxylic acids is 1. The molecule has 0 aliphatic rings. The van der Waals surface area contributed by atoms with Crippen molar-refractivity contribution >= 4 is 5.91 Å². The van der Waals surface area contributed by atoms with Crippen LogP contribution in [0.1, 0.15) is 16.1 Å². The van der Waals surface area contributed by atoms with E-state index in [2.05, 4.69) is 10.3 Å². The molecule has 5 nitrogen and oxygen atoms in total. The summed E-state index contributed by atoms with van der Waals surface area (Å²) in [6.07, 6.45) is 0.820. The fourth-order valence-corrected chi connectivity index (χ4v) is 1.17. The highest BCUT2D eigenvalue weighted by molar-refractivity contribution is 5.93. The lowest BCUT2D eigenvalue weighted by molar-refractivity contribution is 0.0609. The highest BCUT2D eigenvalue weighted by Crippen LogP contribution is 1.98. The van der Waals surface area contributed by atoms with Gasteiger partial charge >= 0.3 is 0 Å². The quantitative estimate of drug-likeness (QED) is 0.745. The van der Waals surface area contributed by atoms with E-state index < -0.39 is 6.10 Å². The molecule has 1 amide bonds. The van der Waals surface area contributed by atoms with Crippen LogP contribution in [0.5, 0.6) is 0 Å². The monoisotopic (exact) mass is 224 g/mol. The van der Waals surface area contributed by atoms with E-state index in [1.54, 1.807) is 12.1 Å². The van der Waals surface area contributed by atoms with Gasteiger partial charge in [0.15, 0.2) is 0 Å². The number of carbonyl (C=O) groups is 1. The molecule has 1 aromatic rings. The van der Waals surface area contributed by atoms with Crippen molar-refractivity contribution in [3.05, 3.63) is 29.6 Å². The summed E-state index contributed by atoms with van der Waals surface area (Å²) in [6.45, 7) is 2.22. The molecular weight excluding hydrogens is 208 g/mol. The molecule has 88 valence electrons. The maximum Gasteiger partial charge on any atom is 0.252 e. The minimum absolute atomic E-state index is 0.167. The molecule has 0 radical (unpaired) electrons. The Morgan fingerprint density at radius 1 is 1.62 bits per heavy atom. The SMILES string of the molecule is COCC(O)CNC(=O)c1ccc(C)nc1. The summed E-state index contributed by atoms with van der Waals surface area (Å²) in [6, 6.07) is 3.46. The minimum atomic E-state index is -0.688. The Labute approximate surface area is 94.5 Å². The number of hydrogen-bond acceptors (Lipinski definition) is 4. The van der Waals surface area contributed by atoms with E-state index in [0.717, 1.165) is 5.69 Å². The molecule has 1 atom stereocenters. The Balaban J connectivity index is 2.43. The molecule has 1 heterocycles. The number of rotatable bonds is 5.